The second-order valence-corrected chi connectivity index (χ2v) is 6.44. The lowest BCUT2D eigenvalue weighted by Crippen LogP contribution is -2.30. The molecule has 0 atom stereocenters. The van der Waals surface area contributed by atoms with E-state index >= 15 is 0 Å². The fourth-order valence-corrected chi connectivity index (χ4v) is 2.86. The van der Waals surface area contributed by atoms with Gasteiger partial charge in [-0.05, 0) is 30.3 Å². The number of rotatable bonds is 8. The Morgan fingerprint density at radius 1 is 1.11 bits per heavy atom. The molecule has 2 aromatic rings. The fraction of sp³-hybridized carbons (Fsp3) is 0.235. The van der Waals surface area contributed by atoms with Gasteiger partial charge in [-0.2, -0.15) is 13.2 Å². The van der Waals surface area contributed by atoms with Gasteiger partial charge in [-0.15, -0.1) is 11.8 Å². The second-order valence-electron chi connectivity index (χ2n) is 5.39. The van der Waals surface area contributed by atoms with Crippen LogP contribution in [-0.4, -0.2) is 29.7 Å². The van der Waals surface area contributed by atoms with Crippen LogP contribution in [-0.2, 0) is 11.0 Å². The quantitative estimate of drug-likeness (QED) is 0.304. The number of anilines is 1. The molecule has 2 aromatic carbocycles. The third-order valence-electron chi connectivity index (χ3n) is 3.39. The number of nitrogens with one attached hydrogen (secondary N) is 2. The average molecular weight is 399 g/mol. The Kier molecular flexibility index (Phi) is 7.05. The summed E-state index contributed by atoms with van der Waals surface area (Å²) in [6.45, 7) is 0.705. The maximum absolute atomic E-state index is 12.6. The number of amides is 1. The van der Waals surface area contributed by atoms with Crippen molar-refractivity contribution in [2.75, 3.05) is 24.2 Å². The summed E-state index contributed by atoms with van der Waals surface area (Å²) in [6.07, 6.45) is -4.41. The lowest BCUT2D eigenvalue weighted by atomic mass is 10.2. The summed E-state index contributed by atoms with van der Waals surface area (Å²) < 4.78 is 37.9. The number of nitro benzene ring substituents is 1. The molecular formula is C17H16F3N3O3S. The Morgan fingerprint density at radius 3 is 2.44 bits per heavy atom. The summed E-state index contributed by atoms with van der Waals surface area (Å²) >= 11 is 1.02. The number of carbonyl (C=O) groups is 1. The van der Waals surface area contributed by atoms with Crippen molar-refractivity contribution in [1.82, 2.24) is 5.32 Å². The number of nitro groups is 1. The summed E-state index contributed by atoms with van der Waals surface area (Å²) in [4.78, 5) is 22.2. The molecule has 2 N–H and O–H groups in total. The number of nitrogens with zero attached hydrogens (tertiary/aromatic N) is 1. The third-order valence-corrected chi connectivity index (χ3v) is 4.38. The molecule has 2 rings (SSSR count). The Balaban J connectivity index is 1.70. The molecule has 0 aromatic heterocycles. The Bertz CT molecular complexity index is 798. The van der Waals surface area contributed by atoms with Gasteiger partial charge in [-0.25, -0.2) is 0 Å². The summed E-state index contributed by atoms with van der Waals surface area (Å²) in [5, 5.41) is 16.2. The number of hydrogen-bond acceptors (Lipinski definition) is 5. The molecule has 0 heterocycles. The molecule has 27 heavy (non-hydrogen) atoms. The largest absolute Gasteiger partial charge is 0.416 e. The van der Waals surface area contributed by atoms with E-state index in [0.29, 0.717) is 23.7 Å². The molecule has 0 fully saturated rings. The van der Waals surface area contributed by atoms with Crippen LogP contribution in [0.3, 0.4) is 0 Å². The van der Waals surface area contributed by atoms with E-state index in [4.69, 9.17) is 0 Å². The highest BCUT2D eigenvalue weighted by Crippen LogP contribution is 2.31. The molecule has 1 amide bonds. The summed E-state index contributed by atoms with van der Waals surface area (Å²) in [7, 11) is 0. The average Bonchev–Trinajstić information content (AvgIpc) is 2.63. The van der Waals surface area contributed by atoms with Crippen LogP contribution in [0.4, 0.5) is 24.5 Å². The van der Waals surface area contributed by atoms with E-state index in [1.165, 1.54) is 24.3 Å². The first kappa shape index (κ1) is 20.6. The molecule has 0 aliphatic carbocycles. The first-order valence-corrected chi connectivity index (χ1v) is 8.79. The van der Waals surface area contributed by atoms with Crippen molar-refractivity contribution in [1.29, 1.82) is 0 Å². The monoisotopic (exact) mass is 399 g/mol. The van der Waals surface area contributed by atoms with Crippen LogP contribution in [0.15, 0.2) is 53.4 Å². The molecule has 0 aliphatic rings. The van der Waals surface area contributed by atoms with Gasteiger partial charge in [0, 0.05) is 35.8 Å². The summed E-state index contributed by atoms with van der Waals surface area (Å²) in [5.41, 5.74) is -0.0890. The van der Waals surface area contributed by atoms with Gasteiger partial charge in [-0.3, -0.25) is 14.9 Å². The number of thioether (sulfide) groups is 1. The van der Waals surface area contributed by atoms with Gasteiger partial charge in [0.2, 0.25) is 5.91 Å². The number of non-ortho nitro benzene ring substituents is 1. The van der Waals surface area contributed by atoms with Crippen LogP contribution in [0.5, 0.6) is 0 Å². The van der Waals surface area contributed by atoms with Crippen molar-refractivity contribution >= 4 is 29.0 Å². The minimum absolute atomic E-state index is 0.00115. The SMILES string of the molecule is O=C(CSc1cccc(C(F)(F)F)c1)NCCNc1ccc([N+](=O)[O-])cc1. The molecule has 10 heteroatoms. The number of carbonyl (C=O) groups excluding carboxylic acids is 1. The molecule has 0 radical (unpaired) electrons. The molecule has 0 spiro atoms. The number of hydrogen-bond donors (Lipinski definition) is 2. The van der Waals surface area contributed by atoms with Crippen LogP contribution in [0.25, 0.3) is 0 Å². The lowest BCUT2D eigenvalue weighted by molar-refractivity contribution is -0.384. The van der Waals surface area contributed by atoms with Crippen LogP contribution in [0.1, 0.15) is 5.56 Å². The van der Waals surface area contributed by atoms with E-state index in [1.54, 1.807) is 12.1 Å². The van der Waals surface area contributed by atoms with Crippen LogP contribution >= 0.6 is 11.8 Å². The van der Waals surface area contributed by atoms with Gasteiger partial charge in [-0.1, -0.05) is 6.07 Å². The second kappa shape index (κ2) is 9.26. The van der Waals surface area contributed by atoms with Crippen molar-refractivity contribution < 1.29 is 22.9 Å². The smallest absolute Gasteiger partial charge is 0.383 e. The Morgan fingerprint density at radius 2 is 1.81 bits per heavy atom. The standard InChI is InChI=1S/C17H16F3N3O3S/c18-17(19,20)12-2-1-3-15(10-12)27-11-16(24)22-9-8-21-13-4-6-14(7-5-13)23(25)26/h1-7,10,21H,8-9,11H2,(H,22,24). The van der Waals surface area contributed by atoms with E-state index in [9.17, 15) is 28.1 Å². The molecule has 6 nitrogen and oxygen atoms in total. The first-order valence-electron chi connectivity index (χ1n) is 7.81. The Hall–Kier alpha value is -2.75. The topological polar surface area (TPSA) is 84.3 Å². The zero-order chi connectivity index (χ0) is 19.9. The Labute approximate surface area is 157 Å². The van der Waals surface area contributed by atoms with Gasteiger partial charge in [0.05, 0.1) is 16.2 Å². The molecule has 0 saturated heterocycles. The van der Waals surface area contributed by atoms with E-state index < -0.39 is 16.7 Å². The van der Waals surface area contributed by atoms with Crippen molar-refractivity contribution in [2.45, 2.75) is 11.1 Å². The number of benzene rings is 2. The highest BCUT2D eigenvalue weighted by Gasteiger charge is 2.30. The third kappa shape index (κ3) is 6.81. The van der Waals surface area contributed by atoms with Gasteiger partial charge in [0.15, 0.2) is 0 Å². The predicted molar refractivity (Wildman–Crippen MR) is 96.8 cm³/mol. The van der Waals surface area contributed by atoms with Crippen LogP contribution < -0.4 is 10.6 Å². The van der Waals surface area contributed by atoms with E-state index in [1.807, 2.05) is 0 Å². The van der Waals surface area contributed by atoms with Gasteiger partial charge < -0.3 is 10.6 Å². The zero-order valence-electron chi connectivity index (χ0n) is 14.0. The highest BCUT2D eigenvalue weighted by molar-refractivity contribution is 8.00. The minimum atomic E-state index is -4.41. The van der Waals surface area contributed by atoms with Crippen LogP contribution in [0, 0.1) is 10.1 Å². The molecule has 0 bridgehead atoms. The van der Waals surface area contributed by atoms with Crippen molar-refractivity contribution in [2.24, 2.45) is 0 Å². The molecule has 0 saturated carbocycles. The van der Waals surface area contributed by atoms with Gasteiger partial charge in [0.1, 0.15) is 0 Å². The van der Waals surface area contributed by atoms with Crippen molar-refractivity contribution in [3.05, 3.63) is 64.2 Å². The maximum atomic E-state index is 12.6. The van der Waals surface area contributed by atoms with Crippen molar-refractivity contribution in [3.63, 3.8) is 0 Å². The maximum Gasteiger partial charge on any atom is 0.416 e. The first-order chi connectivity index (χ1) is 12.8. The van der Waals surface area contributed by atoms with E-state index in [0.717, 1.165) is 23.9 Å². The van der Waals surface area contributed by atoms with Gasteiger partial charge >= 0.3 is 6.18 Å². The summed E-state index contributed by atoms with van der Waals surface area (Å²) in [5.74, 6) is -0.304. The number of halogens is 3. The fourth-order valence-electron chi connectivity index (χ4n) is 2.07. The van der Waals surface area contributed by atoms with Gasteiger partial charge in [0.25, 0.3) is 5.69 Å². The summed E-state index contributed by atoms with van der Waals surface area (Å²) in [6, 6.07) is 10.7. The highest BCUT2D eigenvalue weighted by atomic mass is 32.2. The molecule has 0 aliphatic heterocycles. The van der Waals surface area contributed by atoms with Crippen LogP contribution in [0.2, 0.25) is 0 Å². The normalized spacial score (nSPS) is 11.1. The molecule has 144 valence electrons. The molecule has 0 unspecified atom stereocenters. The van der Waals surface area contributed by atoms with E-state index in [2.05, 4.69) is 10.6 Å². The number of alkyl halides is 3. The zero-order valence-corrected chi connectivity index (χ0v) is 14.8. The van der Waals surface area contributed by atoms with Crippen molar-refractivity contribution in [3.8, 4) is 0 Å². The minimum Gasteiger partial charge on any atom is -0.383 e. The predicted octanol–water partition coefficient (Wildman–Crippen LogP) is 3.93. The molecular weight excluding hydrogens is 383 g/mol. The lowest BCUT2D eigenvalue weighted by Gasteiger charge is -2.09. The van der Waals surface area contributed by atoms with E-state index in [-0.39, 0.29) is 17.3 Å².